The quantitative estimate of drug-likeness (QED) is 0.705. The summed E-state index contributed by atoms with van der Waals surface area (Å²) in [5.41, 5.74) is 5.45. The minimum Gasteiger partial charge on any atom is -0.382 e. The zero-order chi connectivity index (χ0) is 15.2. The molecule has 6 nitrogen and oxygen atoms in total. The number of anilines is 1. The van der Waals surface area contributed by atoms with Crippen molar-refractivity contribution in [1.29, 1.82) is 0 Å². The Hall–Kier alpha value is -0.890. The van der Waals surface area contributed by atoms with Crippen LogP contribution in [-0.2, 0) is 10.0 Å². The molecule has 0 saturated carbocycles. The Morgan fingerprint density at radius 3 is 2.60 bits per heavy atom. The number of halogens is 1. The predicted octanol–water partition coefficient (Wildman–Crippen LogP) is 1.33. The molecule has 0 aliphatic rings. The average Bonchev–Trinajstić information content (AvgIpc) is 2.42. The predicted molar refractivity (Wildman–Crippen MR) is 81.3 cm³/mol. The summed E-state index contributed by atoms with van der Waals surface area (Å²) in [6, 6.07) is 1.30. The standard InChI is InChI=1S/C12H21ClN4O2S/c1-3-17(4-2)7-5-6-16-20(18,19)10-8-11(13)12(14)15-9-10/h8-9,16H,3-7H2,1-2H3,(H2,14,15). The Balaban J connectivity index is 2.55. The first-order valence-corrected chi connectivity index (χ1v) is 8.39. The molecule has 0 amide bonds. The zero-order valence-corrected chi connectivity index (χ0v) is 13.3. The maximum Gasteiger partial charge on any atom is 0.242 e. The second kappa shape index (κ2) is 7.78. The maximum atomic E-state index is 12.0. The van der Waals surface area contributed by atoms with E-state index in [9.17, 15) is 8.42 Å². The molecule has 0 saturated heterocycles. The van der Waals surface area contributed by atoms with Crippen molar-refractivity contribution < 1.29 is 8.42 Å². The van der Waals surface area contributed by atoms with Crippen LogP contribution in [0.1, 0.15) is 20.3 Å². The molecule has 0 spiro atoms. The van der Waals surface area contributed by atoms with Crippen LogP contribution in [0.15, 0.2) is 17.2 Å². The molecule has 0 atom stereocenters. The van der Waals surface area contributed by atoms with Crippen molar-refractivity contribution in [2.45, 2.75) is 25.2 Å². The number of nitrogen functional groups attached to an aromatic ring is 1. The van der Waals surface area contributed by atoms with Crippen LogP contribution in [0.25, 0.3) is 0 Å². The zero-order valence-electron chi connectivity index (χ0n) is 11.8. The third kappa shape index (κ3) is 4.90. The number of sulfonamides is 1. The van der Waals surface area contributed by atoms with Crippen LogP contribution in [0.4, 0.5) is 5.82 Å². The van der Waals surface area contributed by atoms with Gasteiger partial charge in [-0.3, -0.25) is 0 Å². The minimum absolute atomic E-state index is 0.0274. The normalized spacial score (nSPS) is 12.0. The monoisotopic (exact) mass is 320 g/mol. The Kier molecular flexibility index (Phi) is 6.67. The number of hydrogen-bond acceptors (Lipinski definition) is 5. The summed E-state index contributed by atoms with van der Waals surface area (Å²) >= 11 is 5.77. The summed E-state index contributed by atoms with van der Waals surface area (Å²) in [6.07, 6.45) is 1.95. The third-order valence-corrected chi connectivity index (χ3v) is 4.72. The van der Waals surface area contributed by atoms with Crippen LogP contribution in [0.2, 0.25) is 5.02 Å². The molecular formula is C12H21ClN4O2S. The summed E-state index contributed by atoms with van der Waals surface area (Å²) in [7, 11) is -3.58. The van der Waals surface area contributed by atoms with Crippen molar-refractivity contribution in [2.75, 3.05) is 31.9 Å². The molecule has 0 fully saturated rings. The van der Waals surface area contributed by atoms with Gasteiger partial charge in [-0.1, -0.05) is 25.4 Å². The molecule has 114 valence electrons. The molecule has 1 rings (SSSR count). The first kappa shape index (κ1) is 17.2. The topological polar surface area (TPSA) is 88.3 Å². The van der Waals surface area contributed by atoms with E-state index in [-0.39, 0.29) is 15.7 Å². The van der Waals surface area contributed by atoms with Crippen LogP contribution in [0, 0.1) is 0 Å². The molecule has 1 heterocycles. The molecule has 20 heavy (non-hydrogen) atoms. The van der Waals surface area contributed by atoms with Crippen molar-refractivity contribution in [1.82, 2.24) is 14.6 Å². The van der Waals surface area contributed by atoms with Crippen LogP contribution in [0.5, 0.6) is 0 Å². The lowest BCUT2D eigenvalue weighted by atomic mass is 10.4. The molecule has 0 aliphatic carbocycles. The van der Waals surface area contributed by atoms with Gasteiger partial charge in [-0.25, -0.2) is 18.1 Å². The van der Waals surface area contributed by atoms with Gasteiger partial charge in [0.05, 0.1) is 5.02 Å². The lowest BCUT2D eigenvalue weighted by Gasteiger charge is -2.17. The maximum absolute atomic E-state index is 12.0. The highest BCUT2D eigenvalue weighted by atomic mass is 35.5. The van der Waals surface area contributed by atoms with E-state index in [0.717, 1.165) is 26.1 Å². The molecule has 8 heteroatoms. The second-order valence-electron chi connectivity index (χ2n) is 4.32. The van der Waals surface area contributed by atoms with E-state index < -0.39 is 10.0 Å². The van der Waals surface area contributed by atoms with Gasteiger partial charge in [-0.05, 0) is 32.1 Å². The highest BCUT2D eigenvalue weighted by molar-refractivity contribution is 7.89. The van der Waals surface area contributed by atoms with E-state index in [4.69, 9.17) is 17.3 Å². The van der Waals surface area contributed by atoms with Gasteiger partial charge in [0.25, 0.3) is 0 Å². The fourth-order valence-electron chi connectivity index (χ4n) is 1.71. The molecule has 0 unspecified atom stereocenters. The largest absolute Gasteiger partial charge is 0.382 e. The number of rotatable bonds is 8. The van der Waals surface area contributed by atoms with Crippen molar-refractivity contribution in [3.8, 4) is 0 Å². The molecule has 0 bridgehead atoms. The lowest BCUT2D eigenvalue weighted by Crippen LogP contribution is -2.30. The number of pyridine rings is 1. The van der Waals surface area contributed by atoms with Gasteiger partial charge in [0, 0.05) is 12.7 Å². The van der Waals surface area contributed by atoms with Crippen LogP contribution in [0.3, 0.4) is 0 Å². The number of nitrogens with one attached hydrogen (secondary N) is 1. The number of hydrogen-bond donors (Lipinski definition) is 2. The highest BCUT2D eigenvalue weighted by Gasteiger charge is 2.15. The number of nitrogens with two attached hydrogens (primary N) is 1. The van der Waals surface area contributed by atoms with E-state index in [1.54, 1.807) is 0 Å². The minimum atomic E-state index is -3.58. The van der Waals surface area contributed by atoms with Crippen LogP contribution < -0.4 is 10.5 Å². The molecule has 1 aromatic heterocycles. The van der Waals surface area contributed by atoms with Crippen LogP contribution in [-0.4, -0.2) is 44.5 Å². The molecule has 0 radical (unpaired) electrons. The molecular weight excluding hydrogens is 300 g/mol. The lowest BCUT2D eigenvalue weighted by molar-refractivity contribution is 0.300. The fourth-order valence-corrected chi connectivity index (χ4v) is 2.99. The Labute approximate surface area is 125 Å². The van der Waals surface area contributed by atoms with E-state index in [1.165, 1.54) is 12.3 Å². The smallest absolute Gasteiger partial charge is 0.242 e. The van der Waals surface area contributed by atoms with Gasteiger partial charge >= 0.3 is 0 Å². The summed E-state index contributed by atoms with van der Waals surface area (Å²) in [5, 5.41) is 0.135. The highest BCUT2D eigenvalue weighted by Crippen LogP contribution is 2.19. The average molecular weight is 321 g/mol. The summed E-state index contributed by atoms with van der Waals surface area (Å²) < 4.78 is 26.6. The van der Waals surface area contributed by atoms with E-state index in [0.29, 0.717) is 6.54 Å². The van der Waals surface area contributed by atoms with Gasteiger partial charge in [-0.2, -0.15) is 0 Å². The molecule has 3 N–H and O–H groups in total. The van der Waals surface area contributed by atoms with Gasteiger partial charge in [0.1, 0.15) is 10.7 Å². The Morgan fingerprint density at radius 1 is 1.40 bits per heavy atom. The SMILES string of the molecule is CCN(CC)CCCNS(=O)(=O)c1cnc(N)c(Cl)c1. The fraction of sp³-hybridized carbons (Fsp3) is 0.583. The van der Waals surface area contributed by atoms with Crippen molar-refractivity contribution in [2.24, 2.45) is 0 Å². The van der Waals surface area contributed by atoms with Crippen molar-refractivity contribution in [3.63, 3.8) is 0 Å². The Morgan fingerprint density at radius 2 is 2.05 bits per heavy atom. The number of aromatic nitrogens is 1. The van der Waals surface area contributed by atoms with Gasteiger partial charge in [-0.15, -0.1) is 0 Å². The molecule has 0 aliphatic heterocycles. The van der Waals surface area contributed by atoms with Gasteiger partial charge in [0.2, 0.25) is 10.0 Å². The van der Waals surface area contributed by atoms with Gasteiger partial charge < -0.3 is 10.6 Å². The second-order valence-corrected chi connectivity index (χ2v) is 6.49. The Bertz CT molecular complexity index is 532. The molecule has 1 aromatic rings. The van der Waals surface area contributed by atoms with Crippen LogP contribution >= 0.6 is 11.6 Å². The summed E-state index contributed by atoms with van der Waals surface area (Å²) in [5.74, 6) is 0.118. The van der Waals surface area contributed by atoms with Crippen molar-refractivity contribution >= 4 is 27.4 Å². The third-order valence-electron chi connectivity index (χ3n) is 2.99. The van der Waals surface area contributed by atoms with E-state index >= 15 is 0 Å². The number of nitrogens with zero attached hydrogens (tertiary/aromatic N) is 2. The van der Waals surface area contributed by atoms with E-state index in [2.05, 4.69) is 28.5 Å². The molecule has 0 aromatic carbocycles. The summed E-state index contributed by atoms with van der Waals surface area (Å²) in [6.45, 7) is 7.31. The first-order valence-electron chi connectivity index (χ1n) is 6.53. The van der Waals surface area contributed by atoms with E-state index in [1.807, 2.05) is 0 Å². The first-order chi connectivity index (χ1) is 9.40. The van der Waals surface area contributed by atoms with Gasteiger partial charge in [0.15, 0.2) is 0 Å². The summed E-state index contributed by atoms with van der Waals surface area (Å²) in [4.78, 5) is 6.01. The van der Waals surface area contributed by atoms with Crippen molar-refractivity contribution in [3.05, 3.63) is 17.3 Å².